The number of carbonyl (C=O) groups is 6. The number of methoxy groups -OCH3 is 2. The van der Waals surface area contributed by atoms with E-state index in [1.165, 1.54) is 51.2 Å². The van der Waals surface area contributed by atoms with Crippen LogP contribution < -0.4 is 21.9 Å². The van der Waals surface area contributed by atoms with Crippen molar-refractivity contribution in [2.45, 2.75) is 13.8 Å². The van der Waals surface area contributed by atoms with Crippen LogP contribution >= 0.6 is 0 Å². The molecular formula is C32H40EuN5O18Zn2-. The number of ketones is 4. The summed E-state index contributed by atoms with van der Waals surface area (Å²) >= 11 is 0. The molecule has 0 aromatic rings. The van der Waals surface area contributed by atoms with Crippen molar-refractivity contribution in [3.8, 4) is 0 Å². The molecule has 0 amide bonds. The molecule has 0 aliphatic heterocycles. The minimum absolute atomic E-state index is 0. The van der Waals surface area contributed by atoms with E-state index in [9.17, 15) is 19.2 Å². The summed E-state index contributed by atoms with van der Waals surface area (Å²) in [7, 11) is 2.83. The molecule has 0 atom stereocenters. The molecule has 0 saturated carbocycles. The van der Waals surface area contributed by atoms with Crippen molar-refractivity contribution >= 4 is 35.1 Å². The number of rotatable bonds is 16. The van der Waals surface area contributed by atoms with Crippen LogP contribution in [0.1, 0.15) is 13.8 Å². The third-order valence-electron chi connectivity index (χ3n) is 5.40. The van der Waals surface area contributed by atoms with Gasteiger partial charge in [0.1, 0.15) is 26.4 Å². The number of nitrogens with zero attached hydrogens (tertiary/aromatic N) is 1. The average Bonchev–Trinajstić information content (AvgIpc) is 3.10. The number of hydrogen-bond acceptors (Lipinski definition) is 19. The number of aliphatic carboxylic acids is 2. The first-order valence-electron chi connectivity index (χ1n) is 14.9. The monoisotopic (exact) mass is 1060 g/mol. The Bertz CT molecular complexity index is 1520. The third kappa shape index (κ3) is 30.1. The Morgan fingerprint density at radius 2 is 0.828 bits per heavy atom. The molecule has 0 saturated heterocycles. The maximum atomic E-state index is 12.3. The van der Waals surface area contributed by atoms with Crippen molar-refractivity contribution in [2.24, 2.45) is 0 Å². The number of ether oxygens (including phenoxy) is 2. The Balaban J connectivity index is -0.000000515. The standard InChI is InChI=1S/C28H30N4O10.2C2H4O2.Eu.NO3.H2O.2Zn/c1-37-23-7-3-5-19(25(23)33)15-29-39-11-13-41-31-17-21-9-10-22(28(36)27(21)35)18-32-42-14-12-40-30-16-20-6-4-8-24(38-2)26(20)34;2*1-2(3)4;;2-1(3)4;;;/h3-10,15-18,29-32H,11-14H2,1-2H3;2*1H3,(H,3,4);;;1H2;;/q;;;;-1;;;/b19-15-,20-16-,21-17-,22-18-;;;;;;;. The first-order valence-corrected chi connectivity index (χ1v) is 14.9. The van der Waals surface area contributed by atoms with Crippen LogP contribution in [-0.4, -0.2) is 96.5 Å². The largest absolute Gasteiger partial charge is 0.493 e. The minimum Gasteiger partial charge on any atom is -0.493 e. The minimum atomic E-state index is -1.75. The van der Waals surface area contributed by atoms with Crippen molar-refractivity contribution in [2.75, 3.05) is 40.6 Å². The molecule has 0 aromatic carbocycles. The second-order valence-corrected chi connectivity index (χ2v) is 9.36. The molecule has 0 spiro atoms. The molecule has 26 heteroatoms. The second kappa shape index (κ2) is 38.4. The van der Waals surface area contributed by atoms with Crippen LogP contribution in [0.2, 0.25) is 0 Å². The van der Waals surface area contributed by atoms with E-state index in [-0.39, 0.29) is 154 Å². The van der Waals surface area contributed by atoms with Crippen LogP contribution in [0.3, 0.4) is 0 Å². The van der Waals surface area contributed by atoms with Gasteiger partial charge in [0, 0.05) is 149 Å². The molecule has 58 heavy (non-hydrogen) atoms. The molecule has 0 unspecified atom stereocenters. The number of Topliss-reactive ketones (excluding diaryl/α,β-unsaturated/α-hetero) is 4. The fourth-order valence-electron chi connectivity index (χ4n) is 3.26. The molecule has 3 aliphatic rings. The number of hydroxylamine groups is 4. The number of carbonyl (C=O) groups excluding carboxylic acids is 4. The molecule has 23 nitrogen and oxygen atoms in total. The molecule has 8 N–H and O–H groups in total. The predicted molar refractivity (Wildman–Crippen MR) is 187 cm³/mol. The van der Waals surface area contributed by atoms with Crippen LogP contribution in [-0.2, 0) is 96.5 Å². The van der Waals surface area contributed by atoms with Gasteiger partial charge in [-0.1, -0.05) is 12.2 Å². The first kappa shape index (κ1) is 63.1. The van der Waals surface area contributed by atoms with Gasteiger partial charge in [0.25, 0.3) is 11.9 Å². The third-order valence-corrected chi connectivity index (χ3v) is 5.40. The zero-order chi connectivity index (χ0) is 40.9. The Morgan fingerprint density at radius 1 is 0.603 bits per heavy atom. The summed E-state index contributed by atoms with van der Waals surface area (Å²) in [6.07, 6.45) is 17.9. The molecule has 3 rings (SSSR count). The van der Waals surface area contributed by atoms with Gasteiger partial charge < -0.3 is 40.5 Å². The number of hydrogen-bond donors (Lipinski definition) is 6. The zero-order valence-electron chi connectivity index (χ0n) is 31.5. The quantitative estimate of drug-likeness (QED) is 0.0290. The van der Waals surface area contributed by atoms with E-state index in [0.717, 1.165) is 13.8 Å². The SMILES string of the molecule is CC(=O)O.CC(=O)O.COC1=CC=C/C(=C/NOCCON/C=C2C=C/C(=C/NOCCON/C=C3/C=CC=C(OC)C3=O)C(=O)C/2=O)C1=O.O.O=[N+]([O-])[O-].[Eu].[Zn].[Zn]. The van der Waals surface area contributed by atoms with Crippen LogP contribution in [0.4, 0.5) is 0 Å². The summed E-state index contributed by atoms with van der Waals surface area (Å²) in [5.41, 5.74) is 10.9. The average molecular weight is 1070 g/mol. The Labute approximate surface area is 397 Å². The van der Waals surface area contributed by atoms with Gasteiger partial charge in [0.15, 0.2) is 11.5 Å². The van der Waals surface area contributed by atoms with E-state index in [2.05, 4.69) is 21.9 Å². The van der Waals surface area contributed by atoms with Gasteiger partial charge in [-0.05, 0) is 36.5 Å². The van der Waals surface area contributed by atoms with Crippen LogP contribution in [0.5, 0.6) is 0 Å². The maximum absolute atomic E-state index is 12.3. The van der Waals surface area contributed by atoms with Gasteiger partial charge >= 0.3 is 0 Å². The van der Waals surface area contributed by atoms with Crippen molar-refractivity contribution in [1.82, 2.24) is 21.9 Å². The van der Waals surface area contributed by atoms with Crippen molar-refractivity contribution in [3.05, 3.63) is 123 Å². The Kier molecular flexibility index (Phi) is 41.8. The van der Waals surface area contributed by atoms with E-state index < -0.39 is 28.6 Å². The van der Waals surface area contributed by atoms with Gasteiger partial charge in [0.05, 0.1) is 19.3 Å². The molecule has 0 aromatic heterocycles. The van der Waals surface area contributed by atoms with Gasteiger partial charge in [0.2, 0.25) is 23.1 Å². The van der Waals surface area contributed by atoms with Gasteiger partial charge in [-0.3, -0.25) is 70.0 Å². The van der Waals surface area contributed by atoms with Crippen LogP contribution in [0.15, 0.2) is 107 Å². The van der Waals surface area contributed by atoms with E-state index in [1.54, 1.807) is 36.5 Å². The summed E-state index contributed by atoms with van der Waals surface area (Å²) in [5.74, 6) is -3.25. The fourth-order valence-corrected chi connectivity index (χ4v) is 3.26. The smallest absolute Gasteiger partial charge is 0.300 e. The van der Waals surface area contributed by atoms with E-state index in [0.29, 0.717) is 11.1 Å². The van der Waals surface area contributed by atoms with Crippen LogP contribution in [0.25, 0.3) is 0 Å². The summed E-state index contributed by atoms with van der Waals surface area (Å²) < 4.78 is 9.94. The molecule has 0 fully saturated rings. The number of carboxylic acids is 2. The van der Waals surface area contributed by atoms with Gasteiger partial charge in [-0.15, -0.1) is 0 Å². The van der Waals surface area contributed by atoms with Gasteiger partial charge in [-0.25, -0.2) is 0 Å². The molecular weight excluding hydrogens is 1030 g/mol. The normalized spacial score (nSPS) is 16.0. The molecule has 0 heterocycles. The van der Waals surface area contributed by atoms with E-state index >= 15 is 0 Å². The van der Waals surface area contributed by atoms with Gasteiger partial charge in [-0.2, -0.15) is 0 Å². The molecule has 3 aliphatic carbocycles. The Morgan fingerprint density at radius 3 is 1.05 bits per heavy atom. The second-order valence-electron chi connectivity index (χ2n) is 9.36. The summed E-state index contributed by atoms with van der Waals surface area (Å²) in [5, 5.41) is 29.6. The summed E-state index contributed by atoms with van der Waals surface area (Å²) in [6, 6.07) is 0. The summed E-state index contributed by atoms with van der Waals surface area (Å²) in [4.78, 5) is 95.5. The van der Waals surface area contributed by atoms with Crippen molar-refractivity contribution in [3.63, 3.8) is 0 Å². The fraction of sp³-hybridized carbons (Fsp3) is 0.250. The number of allylic oxidation sites excluding steroid dienone is 12. The summed E-state index contributed by atoms with van der Waals surface area (Å²) in [6.45, 7) is 2.55. The van der Waals surface area contributed by atoms with Crippen molar-refractivity contribution in [1.29, 1.82) is 0 Å². The van der Waals surface area contributed by atoms with E-state index in [4.69, 9.17) is 63.9 Å². The number of carboxylic acid groups (broad SMARTS) is 2. The van der Waals surface area contributed by atoms with E-state index in [1.807, 2.05) is 0 Å². The van der Waals surface area contributed by atoms with Crippen LogP contribution in [0, 0.1) is 64.7 Å². The van der Waals surface area contributed by atoms with Crippen molar-refractivity contribution < 1.29 is 167 Å². The molecule has 313 valence electrons. The molecule has 1 radical (unpaired) electrons. The Hall–Kier alpha value is -4.09. The first-order chi connectivity index (χ1) is 25.7. The number of nitrogens with one attached hydrogen (secondary N) is 4. The predicted octanol–water partition coefficient (Wildman–Crippen LogP) is -0.234. The zero-order valence-corrected chi connectivity index (χ0v) is 39.9. The molecule has 0 bridgehead atoms. The topological polar surface area (TPSA) is 344 Å². The maximum Gasteiger partial charge on any atom is 0.300 e.